The number of hydrogen-bond acceptors (Lipinski definition) is 5. The van der Waals surface area contributed by atoms with Crippen molar-refractivity contribution in [1.82, 2.24) is 4.98 Å². The molecule has 1 aromatic carbocycles. The van der Waals surface area contributed by atoms with Gasteiger partial charge in [0.25, 0.3) is 5.56 Å². The van der Waals surface area contributed by atoms with Crippen molar-refractivity contribution < 1.29 is 9.52 Å². The summed E-state index contributed by atoms with van der Waals surface area (Å²) in [7, 11) is 0. The molecule has 0 spiro atoms. The van der Waals surface area contributed by atoms with Crippen LogP contribution in [0, 0.1) is 11.8 Å². The van der Waals surface area contributed by atoms with Crippen molar-refractivity contribution in [3.8, 4) is 5.75 Å². The molecule has 18 heavy (non-hydrogen) atoms. The fourth-order valence-electron chi connectivity index (χ4n) is 2.02. The smallest absolute Gasteiger partial charge is 0.259 e. The topological polar surface area (TPSA) is 95.7 Å². The molecule has 0 amide bonds. The number of nitroso groups, excluding NO2 is 1. The van der Waals surface area contributed by atoms with Gasteiger partial charge in [-0.15, -0.1) is 4.91 Å². The molecule has 0 saturated heterocycles. The predicted molar refractivity (Wildman–Crippen MR) is 66.2 cm³/mol. The van der Waals surface area contributed by atoms with Crippen molar-refractivity contribution in [1.29, 1.82) is 0 Å². The molecule has 2 heterocycles. The molecule has 0 atom stereocenters. The van der Waals surface area contributed by atoms with Crippen LogP contribution in [0.3, 0.4) is 0 Å². The third-order valence-corrected chi connectivity index (χ3v) is 2.80. The number of pyridine rings is 1. The van der Waals surface area contributed by atoms with Crippen molar-refractivity contribution in [3.63, 3.8) is 0 Å². The van der Waals surface area contributed by atoms with Crippen LogP contribution >= 0.6 is 0 Å². The largest absolute Gasteiger partial charge is 0.506 e. The molecule has 3 rings (SSSR count). The van der Waals surface area contributed by atoms with E-state index >= 15 is 0 Å². The van der Waals surface area contributed by atoms with Crippen molar-refractivity contribution in [2.45, 2.75) is 6.92 Å². The van der Waals surface area contributed by atoms with E-state index in [2.05, 4.69) is 10.2 Å². The van der Waals surface area contributed by atoms with Gasteiger partial charge in [-0.3, -0.25) is 4.79 Å². The van der Waals surface area contributed by atoms with Gasteiger partial charge in [-0.05, 0) is 18.2 Å². The molecule has 2 aromatic heterocycles. The highest BCUT2D eigenvalue weighted by Gasteiger charge is 2.14. The van der Waals surface area contributed by atoms with Crippen molar-refractivity contribution in [3.05, 3.63) is 39.2 Å². The predicted octanol–water partition coefficient (Wildman–Crippen LogP) is 2.69. The van der Waals surface area contributed by atoms with Crippen LogP contribution in [0.15, 0.2) is 32.6 Å². The summed E-state index contributed by atoms with van der Waals surface area (Å²) < 4.78 is 5.48. The van der Waals surface area contributed by atoms with E-state index in [1.165, 1.54) is 12.1 Å². The minimum Gasteiger partial charge on any atom is -0.506 e. The first kappa shape index (κ1) is 10.5. The first-order valence-corrected chi connectivity index (χ1v) is 5.22. The average molecular weight is 244 g/mol. The van der Waals surface area contributed by atoms with E-state index in [-0.39, 0.29) is 17.0 Å². The van der Waals surface area contributed by atoms with Gasteiger partial charge in [0.2, 0.25) is 0 Å². The zero-order valence-corrected chi connectivity index (χ0v) is 9.35. The number of nitrogens with one attached hydrogen (secondary N) is 1. The Hall–Kier alpha value is -2.63. The Morgan fingerprint density at radius 1 is 1.28 bits per heavy atom. The van der Waals surface area contributed by atoms with Crippen LogP contribution in [0.25, 0.3) is 21.9 Å². The van der Waals surface area contributed by atoms with E-state index in [0.717, 1.165) is 0 Å². The molecular weight excluding hydrogens is 236 g/mol. The number of rotatable bonds is 1. The molecule has 6 nitrogen and oxygen atoms in total. The highest BCUT2D eigenvalue weighted by atomic mass is 16.3. The maximum absolute atomic E-state index is 11.9. The molecule has 2 N–H and O–H groups in total. The molecule has 0 bridgehead atoms. The van der Waals surface area contributed by atoms with E-state index in [0.29, 0.717) is 27.6 Å². The van der Waals surface area contributed by atoms with Crippen molar-refractivity contribution in [2.24, 2.45) is 5.18 Å². The summed E-state index contributed by atoms with van der Waals surface area (Å²) in [6.45, 7) is 1.74. The van der Waals surface area contributed by atoms with Crippen molar-refractivity contribution >= 4 is 27.6 Å². The Morgan fingerprint density at radius 2 is 2.06 bits per heavy atom. The Kier molecular flexibility index (Phi) is 2.00. The van der Waals surface area contributed by atoms with Crippen LogP contribution in [-0.4, -0.2) is 10.1 Å². The molecule has 90 valence electrons. The Balaban J connectivity index is 2.56. The number of fused-ring (bicyclic) bond motifs is 3. The van der Waals surface area contributed by atoms with Gasteiger partial charge in [0.05, 0.1) is 5.39 Å². The number of aryl methyl sites for hydroxylation is 1. The Bertz CT molecular complexity index is 845. The zero-order valence-electron chi connectivity index (χ0n) is 9.35. The number of hydrogen-bond donors (Lipinski definition) is 2. The average Bonchev–Trinajstić information content (AvgIpc) is 2.64. The minimum absolute atomic E-state index is 0.116. The SMILES string of the molecule is Cc1cc2oc3cc(N=O)c(O)cc3c2c(=O)[nH]1. The highest BCUT2D eigenvalue weighted by molar-refractivity contribution is 6.06. The second-order valence-corrected chi connectivity index (χ2v) is 4.05. The monoisotopic (exact) mass is 244 g/mol. The Labute approximate surface area is 99.8 Å². The fourth-order valence-corrected chi connectivity index (χ4v) is 2.02. The summed E-state index contributed by atoms with van der Waals surface area (Å²) in [4.78, 5) is 25.0. The molecule has 0 saturated carbocycles. The summed E-state index contributed by atoms with van der Waals surface area (Å²) in [5, 5.41) is 13.1. The standard InChI is InChI=1S/C12H8N2O4/c1-5-2-10-11(12(16)13-5)6-3-8(15)7(14-17)4-9(6)18-10/h2-4,15H,1H3,(H,13,16). The maximum atomic E-state index is 11.9. The summed E-state index contributed by atoms with van der Waals surface area (Å²) >= 11 is 0. The van der Waals surface area contributed by atoms with E-state index in [1.807, 2.05) is 0 Å². The molecule has 0 aliphatic rings. The van der Waals surface area contributed by atoms with Gasteiger partial charge in [0.1, 0.15) is 16.9 Å². The van der Waals surface area contributed by atoms with Gasteiger partial charge in [-0.1, -0.05) is 0 Å². The lowest BCUT2D eigenvalue weighted by atomic mass is 10.1. The molecule has 6 heteroatoms. The molecule has 0 radical (unpaired) electrons. The van der Waals surface area contributed by atoms with Gasteiger partial charge < -0.3 is 14.5 Å². The highest BCUT2D eigenvalue weighted by Crippen LogP contribution is 2.35. The minimum atomic E-state index is -0.296. The summed E-state index contributed by atoms with van der Waals surface area (Å²) in [5.74, 6) is -0.278. The molecule has 0 fully saturated rings. The van der Waals surface area contributed by atoms with Crippen molar-refractivity contribution in [2.75, 3.05) is 0 Å². The first-order valence-electron chi connectivity index (χ1n) is 5.22. The van der Waals surface area contributed by atoms with Gasteiger partial charge in [0.15, 0.2) is 5.69 Å². The van der Waals surface area contributed by atoms with Gasteiger partial charge in [0, 0.05) is 23.2 Å². The van der Waals surface area contributed by atoms with E-state index in [1.54, 1.807) is 13.0 Å². The second-order valence-electron chi connectivity index (χ2n) is 4.05. The number of furan rings is 1. The molecule has 3 aromatic rings. The molecule has 0 aliphatic carbocycles. The summed E-state index contributed by atoms with van der Waals surface area (Å²) in [5.41, 5.74) is 1.01. The summed E-state index contributed by atoms with van der Waals surface area (Å²) in [6.07, 6.45) is 0. The van der Waals surface area contributed by atoms with E-state index in [4.69, 9.17) is 4.42 Å². The normalized spacial score (nSPS) is 11.2. The second kappa shape index (κ2) is 3.43. The van der Waals surface area contributed by atoms with Crippen LogP contribution in [0.4, 0.5) is 5.69 Å². The number of phenols is 1. The number of phenolic OH excluding ortho intramolecular Hbond substituents is 1. The molecular formula is C12H8N2O4. The van der Waals surface area contributed by atoms with Gasteiger partial charge in [-0.25, -0.2) is 0 Å². The van der Waals surface area contributed by atoms with Gasteiger partial charge in [-0.2, -0.15) is 0 Å². The van der Waals surface area contributed by atoms with Crippen LogP contribution in [0.2, 0.25) is 0 Å². The lowest BCUT2D eigenvalue weighted by Gasteiger charge is -1.94. The number of H-pyrrole nitrogens is 1. The number of aromatic hydroxyl groups is 1. The summed E-state index contributed by atoms with van der Waals surface area (Å²) in [6, 6.07) is 4.30. The number of nitrogens with zero attached hydrogens (tertiary/aromatic N) is 1. The maximum Gasteiger partial charge on any atom is 0.259 e. The van der Waals surface area contributed by atoms with Crippen LogP contribution in [-0.2, 0) is 0 Å². The molecule has 0 aliphatic heterocycles. The lowest BCUT2D eigenvalue weighted by Crippen LogP contribution is -2.05. The van der Waals surface area contributed by atoms with Crippen LogP contribution in [0.5, 0.6) is 5.75 Å². The van der Waals surface area contributed by atoms with Gasteiger partial charge >= 0.3 is 0 Å². The number of benzene rings is 1. The fraction of sp³-hybridized carbons (Fsp3) is 0.0833. The number of aromatic nitrogens is 1. The van der Waals surface area contributed by atoms with Crippen LogP contribution < -0.4 is 5.56 Å². The Morgan fingerprint density at radius 3 is 2.78 bits per heavy atom. The van der Waals surface area contributed by atoms with E-state index < -0.39 is 0 Å². The first-order chi connectivity index (χ1) is 8.60. The third-order valence-electron chi connectivity index (χ3n) is 2.80. The van der Waals surface area contributed by atoms with Crippen LogP contribution in [0.1, 0.15) is 5.69 Å². The quantitative estimate of drug-likeness (QED) is 0.643. The van der Waals surface area contributed by atoms with E-state index in [9.17, 15) is 14.8 Å². The third kappa shape index (κ3) is 1.32. The number of aromatic amines is 1. The lowest BCUT2D eigenvalue weighted by molar-refractivity contribution is 0.477. The molecule has 0 unspecified atom stereocenters. The zero-order chi connectivity index (χ0) is 12.9.